The monoisotopic (exact) mass is 310 g/mol. The Labute approximate surface area is 125 Å². The van der Waals surface area contributed by atoms with Crippen LogP contribution in [-0.2, 0) is 9.36 Å². The van der Waals surface area contributed by atoms with Crippen LogP contribution in [0.5, 0.6) is 0 Å². The summed E-state index contributed by atoms with van der Waals surface area (Å²) in [5.74, 6) is -1.65. The van der Waals surface area contributed by atoms with E-state index in [4.69, 9.17) is 0 Å². The first kappa shape index (κ1) is 16.3. The van der Waals surface area contributed by atoms with E-state index in [0.717, 1.165) is 25.7 Å². The molecule has 0 heterocycles. The minimum atomic E-state index is -3.42. The molecule has 5 heteroatoms. The van der Waals surface area contributed by atoms with Gasteiger partial charge in [0.25, 0.3) is 0 Å². The lowest BCUT2D eigenvalue weighted by atomic mass is 9.91. The summed E-state index contributed by atoms with van der Waals surface area (Å²) in [6, 6.07) is 8.74. The minimum Gasteiger partial charge on any atom is -0.481 e. The number of benzene rings is 1. The molecule has 1 aromatic carbocycles. The first-order chi connectivity index (χ1) is 9.98. The average molecular weight is 310 g/mol. The fourth-order valence-electron chi connectivity index (χ4n) is 3.14. The van der Waals surface area contributed by atoms with Gasteiger partial charge in [-0.1, -0.05) is 49.6 Å². The molecule has 2 N–H and O–H groups in total. The summed E-state index contributed by atoms with van der Waals surface area (Å²) in [5.41, 5.74) is 0.600. The number of hydrogen-bond acceptors (Lipinski definition) is 2. The molecule has 0 aromatic heterocycles. The van der Waals surface area contributed by atoms with Gasteiger partial charge in [-0.2, -0.15) is 0 Å². The van der Waals surface area contributed by atoms with Crippen LogP contribution in [0.25, 0.3) is 0 Å². The van der Waals surface area contributed by atoms with E-state index in [2.05, 4.69) is 0 Å². The third-order valence-corrected chi connectivity index (χ3v) is 6.26. The molecule has 0 spiro atoms. The van der Waals surface area contributed by atoms with E-state index < -0.39 is 19.3 Å². The predicted octanol–water partition coefficient (Wildman–Crippen LogP) is 3.71. The first-order valence-corrected chi connectivity index (χ1v) is 9.59. The van der Waals surface area contributed by atoms with E-state index in [1.165, 1.54) is 6.42 Å². The molecule has 4 nitrogen and oxygen atoms in total. The molecule has 21 heavy (non-hydrogen) atoms. The van der Waals surface area contributed by atoms with Crippen LogP contribution in [0.3, 0.4) is 0 Å². The van der Waals surface area contributed by atoms with Crippen molar-refractivity contribution in [3.05, 3.63) is 35.9 Å². The summed E-state index contributed by atoms with van der Waals surface area (Å²) in [4.78, 5) is 21.7. The summed E-state index contributed by atoms with van der Waals surface area (Å²) < 4.78 is 12.5. The third-order valence-electron chi connectivity index (χ3n) is 4.24. The zero-order chi connectivity index (χ0) is 15.3. The second kappa shape index (κ2) is 7.24. The van der Waals surface area contributed by atoms with Gasteiger partial charge < -0.3 is 10.00 Å². The molecule has 1 fully saturated rings. The average Bonchev–Trinajstić information content (AvgIpc) is 2.46. The zero-order valence-electron chi connectivity index (χ0n) is 12.1. The highest BCUT2D eigenvalue weighted by Gasteiger charge is 2.32. The second-order valence-corrected chi connectivity index (χ2v) is 8.44. The van der Waals surface area contributed by atoms with Crippen LogP contribution in [0, 0.1) is 5.92 Å². The second-order valence-electron chi connectivity index (χ2n) is 6.02. The number of hydrogen-bond donors (Lipinski definition) is 2. The van der Waals surface area contributed by atoms with Crippen molar-refractivity contribution in [1.29, 1.82) is 0 Å². The normalized spacial score (nSPS) is 20.6. The van der Waals surface area contributed by atoms with Gasteiger partial charge in [-0.3, -0.25) is 9.36 Å². The van der Waals surface area contributed by atoms with Crippen LogP contribution in [0.1, 0.15) is 43.6 Å². The van der Waals surface area contributed by atoms with Gasteiger partial charge in [-0.15, -0.1) is 0 Å². The molecule has 0 bridgehead atoms. The van der Waals surface area contributed by atoms with Crippen molar-refractivity contribution in [2.24, 2.45) is 5.92 Å². The molecule has 0 radical (unpaired) electrons. The van der Waals surface area contributed by atoms with Gasteiger partial charge in [-0.05, 0) is 24.3 Å². The van der Waals surface area contributed by atoms with E-state index in [0.29, 0.717) is 5.56 Å². The molecule has 0 aliphatic heterocycles. The smallest absolute Gasteiger partial charge is 0.311 e. The van der Waals surface area contributed by atoms with Gasteiger partial charge in [0.15, 0.2) is 0 Å². The lowest BCUT2D eigenvalue weighted by Gasteiger charge is -2.25. The maximum absolute atomic E-state index is 12.5. The van der Waals surface area contributed by atoms with Crippen molar-refractivity contribution in [2.75, 3.05) is 12.3 Å². The Bertz CT molecular complexity index is 508. The van der Waals surface area contributed by atoms with Crippen LogP contribution in [0.15, 0.2) is 30.3 Å². The number of carboxylic acids is 1. The van der Waals surface area contributed by atoms with Crippen molar-refractivity contribution in [3.63, 3.8) is 0 Å². The maximum Gasteiger partial charge on any atom is 0.311 e. The summed E-state index contributed by atoms with van der Waals surface area (Å²) in [6.45, 7) is 0. The first-order valence-electron chi connectivity index (χ1n) is 7.56. The Kier molecular flexibility index (Phi) is 5.60. The Balaban J connectivity index is 2.05. The summed E-state index contributed by atoms with van der Waals surface area (Å²) in [7, 11) is -3.42. The quantitative estimate of drug-likeness (QED) is 0.786. The largest absolute Gasteiger partial charge is 0.481 e. The third kappa shape index (κ3) is 4.98. The Hall–Kier alpha value is -1.12. The number of carbonyl (C=O) groups is 1. The minimum absolute atomic E-state index is 0.164. The summed E-state index contributed by atoms with van der Waals surface area (Å²) in [5, 5.41) is 9.36. The molecular weight excluding hydrogens is 287 g/mol. The molecule has 2 atom stereocenters. The van der Waals surface area contributed by atoms with Crippen molar-refractivity contribution in [1.82, 2.24) is 0 Å². The molecule has 116 valence electrons. The van der Waals surface area contributed by atoms with E-state index >= 15 is 0 Å². The SMILES string of the molecule is O=C(O)C(CP(=O)(O)CC1CCCCC1)c1ccccc1. The molecule has 1 aliphatic carbocycles. The molecule has 1 saturated carbocycles. The summed E-state index contributed by atoms with van der Waals surface area (Å²) >= 11 is 0. The van der Waals surface area contributed by atoms with Crippen molar-refractivity contribution in [2.45, 2.75) is 38.0 Å². The topological polar surface area (TPSA) is 74.6 Å². The highest BCUT2D eigenvalue weighted by molar-refractivity contribution is 7.58. The summed E-state index contributed by atoms with van der Waals surface area (Å²) in [6.07, 6.45) is 5.53. The molecule has 0 amide bonds. The highest BCUT2D eigenvalue weighted by atomic mass is 31.2. The van der Waals surface area contributed by atoms with Crippen molar-refractivity contribution >= 4 is 13.3 Å². The maximum atomic E-state index is 12.5. The van der Waals surface area contributed by atoms with Gasteiger partial charge in [-0.25, -0.2) is 0 Å². The van der Waals surface area contributed by atoms with Gasteiger partial charge in [0.1, 0.15) is 0 Å². The van der Waals surface area contributed by atoms with Crippen LogP contribution < -0.4 is 0 Å². The van der Waals surface area contributed by atoms with Crippen LogP contribution in [0.2, 0.25) is 0 Å². The molecule has 1 aromatic rings. The Morgan fingerprint density at radius 1 is 1.19 bits per heavy atom. The number of carboxylic acid groups (broad SMARTS) is 1. The highest BCUT2D eigenvalue weighted by Crippen LogP contribution is 2.48. The molecule has 0 saturated heterocycles. The van der Waals surface area contributed by atoms with E-state index in [9.17, 15) is 19.4 Å². The van der Waals surface area contributed by atoms with Gasteiger partial charge in [0.2, 0.25) is 7.37 Å². The Morgan fingerprint density at radius 2 is 1.81 bits per heavy atom. The zero-order valence-corrected chi connectivity index (χ0v) is 13.0. The molecule has 1 aliphatic rings. The van der Waals surface area contributed by atoms with Crippen molar-refractivity contribution < 1.29 is 19.4 Å². The number of aliphatic carboxylic acids is 1. The fourth-order valence-corrected chi connectivity index (χ4v) is 5.40. The van der Waals surface area contributed by atoms with Crippen LogP contribution in [0.4, 0.5) is 0 Å². The van der Waals surface area contributed by atoms with Gasteiger partial charge >= 0.3 is 5.97 Å². The van der Waals surface area contributed by atoms with E-state index in [1.807, 2.05) is 6.07 Å². The Morgan fingerprint density at radius 3 is 2.38 bits per heavy atom. The lowest BCUT2D eigenvalue weighted by Crippen LogP contribution is -2.19. The van der Waals surface area contributed by atoms with Gasteiger partial charge in [0.05, 0.1) is 5.92 Å². The standard InChI is InChI=1S/C16H23O4P/c17-16(18)15(14-9-5-2-6-10-14)12-21(19,20)11-13-7-3-1-4-8-13/h2,5-6,9-10,13,15H,1,3-4,7-8,11-12H2,(H,17,18)(H,19,20). The van der Waals surface area contributed by atoms with Crippen molar-refractivity contribution in [3.8, 4) is 0 Å². The van der Waals surface area contributed by atoms with E-state index in [1.54, 1.807) is 24.3 Å². The van der Waals surface area contributed by atoms with E-state index in [-0.39, 0.29) is 18.2 Å². The van der Waals surface area contributed by atoms with Crippen LogP contribution >= 0.6 is 7.37 Å². The molecule has 2 unspecified atom stereocenters. The fraction of sp³-hybridized carbons (Fsp3) is 0.562. The molecule has 2 rings (SSSR count). The van der Waals surface area contributed by atoms with Gasteiger partial charge in [0, 0.05) is 12.3 Å². The molecular formula is C16H23O4P. The van der Waals surface area contributed by atoms with Crippen LogP contribution in [-0.4, -0.2) is 28.3 Å². The predicted molar refractivity (Wildman–Crippen MR) is 83.0 cm³/mol. The lowest BCUT2D eigenvalue weighted by molar-refractivity contribution is -0.138. The number of rotatable bonds is 6.